The van der Waals surface area contributed by atoms with Crippen molar-refractivity contribution < 1.29 is 18.3 Å². The molecule has 6 heteroatoms. The second-order valence-electron chi connectivity index (χ2n) is 4.71. The monoisotopic (exact) mass is 334 g/mol. The van der Waals surface area contributed by atoms with E-state index >= 15 is 0 Å². The molecule has 1 aromatic rings. The van der Waals surface area contributed by atoms with Crippen LogP contribution in [-0.4, -0.2) is 37.7 Å². The topological polar surface area (TPSA) is 63.6 Å². The van der Waals surface area contributed by atoms with Gasteiger partial charge in [-0.05, 0) is 40.0 Å². The number of sulfone groups is 1. The molecule has 0 saturated carbocycles. The van der Waals surface area contributed by atoms with Crippen LogP contribution in [0.1, 0.15) is 12.0 Å². The summed E-state index contributed by atoms with van der Waals surface area (Å²) in [5.41, 5.74) is -0.241. The van der Waals surface area contributed by atoms with Crippen molar-refractivity contribution in [1.29, 1.82) is 0 Å². The molecule has 1 saturated heterocycles. The Morgan fingerprint density at radius 1 is 1.50 bits per heavy atom. The van der Waals surface area contributed by atoms with E-state index in [0.717, 1.165) is 10.0 Å². The maximum Gasteiger partial charge on any atom is 0.153 e. The first-order valence-electron chi connectivity index (χ1n) is 5.59. The van der Waals surface area contributed by atoms with E-state index in [4.69, 9.17) is 4.74 Å². The summed E-state index contributed by atoms with van der Waals surface area (Å²) >= 11 is 3.37. The second-order valence-corrected chi connectivity index (χ2v) is 7.75. The van der Waals surface area contributed by atoms with Crippen LogP contribution in [0.2, 0.25) is 0 Å². The van der Waals surface area contributed by atoms with E-state index in [-0.39, 0.29) is 11.5 Å². The zero-order valence-electron chi connectivity index (χ0n) is 10.0. The molecule has 4 nitrogen and oxygen atoms in total. The van der Waals surface area contributed by atoms with Crippen molar-refractivity contribution in [3.8, 4) is 5.75 Å². The fourth-order valence-corrected chi connectivity index (χ4v) is 4.73. The minimum absolute atomic E-state index is 0.0703. The lowest BCUT2D eigenvalue weighted by molar-refractivity contribution is 0.0681. The molecule has 0 aliphatic carbocycles. The molecular weight excluding hydrogens is 320 g/mol. The quantitative estimate of drug-likeness (QED) is 0.910. The van der Waals surface area contributed by atoms with Gasteiger partial charge in [0.15, 0.2) is 9.84 Å². The van der Waals surface area contributed by atoms with Gasteiger partial charge in [-0.2, -0.15) is 0 Å². The summed E-state index contributed by atoms with van der Waals surface area (Å²) in [6.07, 6.45) is 0.647. The number of methoxy groups -OCH3 is 1. The maximum atomic E-state index is 11.4. The van der Waals surface area contributed by atoms with Gasteiger partial charge in [-0.1, -0.05) is 6.07 Å². The first kappa shape index (κ1) is 13.8. The predicted octanol–water partition coefficient (Wildman–Crippen LogP) is 1.55. The number of aliphatic hydroxyl groups is 1. The summed E-state index contributed by atoms with van der Waals surface area (Å²) in [5, 5.41) is 10.3. The molecule has 0 aromatic heterocycles. The fraction of sp³-hybridized carbons (Fsp3) is 0.500. The number of hydrogen-bond acceptors (Lipinski definition) is 4. The Bertz CT molecular complexity index is 555. The average molecular weight is 335 g/mol. The summed E-state index contributed by atoms with van der Waals surface area (Å²) in [7, 11) is -1.50. The highest BCUT2D eigenvalue weighted by Gasteiger charge is 2.40. The van der Waals surface area contributed by atoms with Crippen LogP contribution in [0, 0.1) is 0 Å². The minimum atomic E-state index is -3.08. The van der Waals surface area contributed by atoms with Crippen molar-refractivity contribution in [3.63, 3.8) is 0 Å². The molecular formula is C12H15BrO4S. The Labute approximate surface area is 115 Å². The van der Waals surface area contributed by atoms with Gasteiger partial charge in [0.2, 0.25) is 0 Å². The van der Waals surface area contributed by atoms with E-state index in [1.165, 1.54) is 0 Å². The molecule has 1 aliphatic rings. The van der Waals surface area contributed by atoms with E-state index in [0.29, 0.717) is 18.6 Å². The Morgan fingerprint density at radius 2 is 2.22 bits per heavy atom. The molecule has 1 fully saturated rings. The Balaban J connectivity index is 2.17. The second kappa shape index (κ2) is 4.83. The van der Waals surface area contributed by atoms with Crippen LogP contribution in [0.25, 0.3) is 0 Å². The van der Waals surface area contributed by atoms with Crippen LogP contribution in [0.4, 0.5) is 0 Å². The number of ether oxygens (including phenoxy) is 1. The summed E-state index contributed by atoms with van der Waals surface area (Å²) < 4.78 is 28.8. The number of hydrogen-bond donors (Lipinski definition) is 1. The molecule has 1 N–H and O–H groups in total. The third-order valence-corrected chi connectivity index (χ3v) is 5.54. The summed E-state index contributed by atoms with van der Waals surface area (Å²) in [5.74, 6) is 0.634. The lowest BCUT2D eigenvalue weighted by atomic mass is 9.94. The van der Waals surface area contributed by atoms with Crippen LogP contribution in [0.15, 0.2) is 22.7 Å². The Morgan fingerprint density at radius 3 is 2.72 bits per heavy atom. The van der Waals surface area contributed by atoms with Gasteiger partial charge >= 0.3 is 0 Å². The summed E-state index contributed by atoms with van der Waals surface area (Å²) in [4.78, 5) is 0. The molecule has 100 valence electrons. The first-order valence-corrected chi connectivity index (χ1v) is 8.20. The van der Waals surface area contributed by atoms with Crippen molar-refractivity contribution in [2.24, 2.45) is 0 Å². The third kappa shape index (κ3) is 3.05. The van der Waals surface area contributed by atoms with Gasteiger partial charge in [0.05, 0.1) is 28.7 Å². The number of rotatable bonds is 3. The predicted molar refractivity (Wildman–Crippen MR) is 72.6 cm³/mol. The van der Waals surface area contributed by atoms with E-state index in [1.807, 2.05) is 12.1 Å². The Hall–Kier alpha value is -0.590. The van der Waals surface area contributed by atoms with E-state index in [1.54, 1.807) is 13.2 Å². The van der Waals surface area contributed by atoms with Crippen LogP contribution < -0.4 is 4.74 Å². The largest absolute Gasteiger partial charge is 0.496 e. The smallest absolute Gasteiger partial charge is 0.153 e. The molecule has 2 rings (SSSR count). The lowest BCUT2D eigenvalue weighted by Gasteiger charge is -2.20. The van der Waals surface area contributed by atoms with Gasteiger partial charge in [0, 0.05) is 6.42 Å². The highest BCUT2D eigenvalue weighted by atomic mass is 79.9. The summed E-state index contributed by atoms with van der Waals surface area (Å²) in [6.45, 7) is 0. The molecule has 1 unspecified atom stereocenters. The number of benzene rings is 1. The van der Waals surface area contributed by atoms with Gasteiger partial charge in [-0.25, -0.2) is 8.42 Å². The Kier molecular flexibility index (Phi) is 3.71. The van der Waals surface area contributed by atoms with Crippen molar-refractivity contribution in [2.75, 3.05) is 18.6 Å². The highest BCUT2D eigenvalue weighted by Crippen LogP contribution is 2.31. The van der Waals surface area contributed by atoms with Crippen molar-refractivity contribution in [2.45, 2.75) is 18.4 Å². The van der Waals surface area contributed by atoms with Crippen LogP contribution in [-0.2, 0) is 16.3 Å². The highest BCUT2D eigenvalue weighted by molar-refractivity contribution is 9.10. The standard InChI is InChI=1S/C12H15BrO4S/c1-17-11-3-2-9(6-10(11)13)7-12(14)4-5-18(15,16)8-12/h2-3,6,14H,4-5,7-8H2,1H3. The molecule has 1 aromatic carbocycles. The SMILES string of the molecule is COc1ccc(CC2(O)CCS(=O)(=O)C2)cc1Br. The average Bonchev–Trinajstić information content (AvgIpc) is 2.53. The van der Waals surface area contributed by atoms with Gasteiger partial charge in [-0.3, -0.25) is 0 Å². The van der Waals surface area contributed by atoms with Gasteiger partial charge in [0.1, 0.15) is 5.75 Å². The van der Waals surface area contributed by atoms with Crippen molar-refractivity contribution >= 4 is 25.8 Å². The molecule has 0 bridgehead atoms. The normalized spacial score (nSPS) is 26.2. The van der Waals surface area contributed by atoms with Crippen molar-refractivity contribution in [1.82, 2.24) is 0 Å². The molecule has 1 heterocycles. The summed E-state index contributed by atoms with van der Waals surface area (Å²) in [6, 6.07) is 5.49. The van der Waals surface area contributed by atoms with Gasteiger partial charge < -0.3 is 9.84 Å². The zero-order chi connectivity index (χ0) is 13.4. The van der Waals surface area contributed by atoms with Gasteiger partial charge in [-0.15, -0.1) is 0 Å². The molecule has 1 atom stereocenters. The molecule has 0 spiro atoms. The maximum absolute atomic E-state index is 11.4. The third-order valence-electron chi connectivity index (χ3n) is 3.12. The van der Waals surface area contributed by atoms with Crippen LogP contribution in [0.5, 0.6) is 5.75 Å². The van der Waals surface area contributed by atoms with E-state index in [2.05, 4.69) is 15.9 Å². The molecule has 18 heavy (non-hydrogen) atoms. The van der Waals surface area contributed by atoms with Crippen LogP contribution in [0.3, 0.4) is 0 Å². The minimum Gasteiger partial charge on any atom is -0.496 e. The first-order chi connectivity index (χ1) is 8.34. The van der Waals surface area contributed by atoms with Gasteiger partial charge in [0.25, 0.3) is 0 Å². The molecule has 1 aliphatic heterocycles. The molecule has 0 amide bonds. The van der Waals surface area contributed by atoms with E-state index < -0.39 is 15.4 Å². The molecule has 0 radical (unpaired) electrons. The van der Waals surface area contributed by atoms with E-state index in [9.17, 15) is 13.5 Å². The lowest BCUT2D eigenvalue weighted by Crippen LogP contribution is -2.32. The van der Waals surface area contributed by atoms with Crippen molar-refractivity contribution in [3.05, 3.63) is 28.2 Å². The van der Waals surface area contributed by atoms with Crippen LogP contribution >= 0.6 is 15.9 Å². The fourth-order valence-electron chi connectivity index (χ4n) is 2.24. The zero-order valence-corrected chi connectivity index (χ0v) is 12.4. The number of halogens is 1.